The van der Waals surface area contributed by atoms with Crippen molar-refractivity contribution in [1.82, 2.24) is 5.32 Å². The van der Waals surface area contributed by atoms with Crippen LogP contribution in [-0.4, -0.2) is 31.2 Å². The number of amidine groups is 1. The smallest absolute Gasteiger partial charge is 0.147 e. The second kappa shape index (κ2) is 5.19. The molecule has 0 saturated carbocycles. The molecular formula is C12H15ClN4. The SMILES string of the molecule is CCNc1ccc(Cl)cc1C(=N)C1=NCCN1. The van der Waals surface area contributed by atoms with Gasteiger partial charge in [0.25, 0.3) is 0 Å². The lowest BCUT2D eigenvalue weighted by Crippen LogP contribution is -2.28. The first-order chi connectivity index (χ1) is 8.22. The molecule has 0 saturated heterocycles. The van der Waals surface area contributed by atoms with Gasteiger partial charge < -0.3 is 10.6 Å². The minimum atomic E-state index is 0.390. The van der Waals surface area contributed by atoms with E-state index in [4.69, 9.17) is 17.0 Å². The number of anilines is 1. The van der Waals surface area contributed by atoms with E-state index in [1.807, 2.05) is 19.1 Å². The van der Waals surface area contributed by atoms with Gasteiger partial charge in [-0.1, -0.05) is 11.6 Å². The average Bonchev–Trinajstić information content (AvgIpc) is 2.84. The van der Waals surface area contributed by atoms with E-state index < -0.39 is 0 Å². The molecule has 0 aromatic heterocycles. The molecular weight excluding hydrogens is 236 g/mol. The third-order valence-corrected chi connectivity index (χ3v) is 2.76. The second-order valence-corrected chi connectivity index (χ2v) is 4.19. The molecule has 3 N–H and O–H groups in total. The zero-order valence-electron chi connectivity index (χ0n) is 9.68. The lowest BCUT2D eigenvalue weighted by molar-refractivity contribution is 0.962. The Morgan fingerprint density at radius 2 is 2.41 bits per heavy atom. The molecule has 17 heavy (non-hydrogen) atoms. The van der Waals surface area contributed by atoms with Crippen molar-refractivity contribution in [2.24, 2.45) is 4.99 Å². The number of halogens is 1. The summed E-state index contributed by atoms with van der Waals surface area (Å²) in [6.07, 6.45) is 0. The Hall–Kier alpha value is -1.55. The molecule has 0 aliphatic carbocycles. The predicted molar refractivity (Wildman–Crippen MR) is 72.7 cm³/mol. The number of hydrogen-bond donors (Lipinski definition) is 3. The van der Waals surface area contributed by atoms with Crippen molar-refractivity contribution in [1.29, 1.82) is 5.41 Å². The first kappa shape index (κ1) is 11.9. The third-order valence-electron chi connectivity index (χ3n) is 2.53. The van der Waals surface area contributed by atoms with Crippen molar-refractivity contribution in [3.8, 4) is 0 Å². The van der Waals surface area contributed by atoms with E-state index >= 15 is 0 Å². The Balaban J connectivity index is 2.35. The predicted octanol–water partition coefficient (Wildman–Crippen LogP) is 2.14. The van der Waals surface area contributed by atoms with Gasteiger partial charge in [0.1, 0.15) is 11.5 Å². The quantitative estimate of drug-likeness (QED) is 0.717. The summed E-state index contributed by atoms with van der Waals surface area (Å²) in [5, 5.41) is 15.1. The molecule has 5 heteroatoms. The van der Waals surface area contributed by atoms with Crippen molar-refractivity contribution in [3.63, 3.8) is 0 Å². The lowest BCUT2D eigenvalue weighted by atomic mass is 10.1. The zero-order chi connectivity index (χ0) is 12.3. The number of nitrogens with zero attached hydrogens (tertiary/aromatic N) is 1. The number of rotatable bonds is 4. The van der Waals surface area contributed by atoms with Gasteiger partial charge >= 0.3 is 0 Å². The highest BCUT2D eigenvalue weighted by molar-refractivity contribution is 6.48. The molecule has 1 aromatic carbocycles. The highest BCUT2D eigenvalue weighted by Gasteiger charge is 2.16. The fourth-order valence-corrected chi connectivity index (χ4v) is 1.93. The van der Waals surface area contributed by atoms with E-state index in [9.17, 15) is 0 Å². The summed E-state index contributed by atoms with van der Waals surface area (Å²) in [5.41, 5.74) is 2.09. The average molecular weight is 251 g/mol. The van der Waals surface area contributed by atoms with Gasteiger partial charge in [-0.3, -0.25) is 10.4 Å². The van der Waals surface area contributed by atoms with Crippen LogP contribution in [0.1, 0.15) is 12.5 Å². The van der Waals surface area contributed by atoms with Crippen molar-refractivity contribution >= 4 is 28.8 Å². The van der Waals surface area contributed by atoms with Crippen LogP contribution in [0.15, 0.2) is 23.2 Å². The maximum Gasteiger partial charge on any atom is 0.147 e. The van der Waals surface area contributed by atoms with E-state index in [-0.39, 0.29) is 0 Å². The zero-order valence-corrected chi connectivity index (χ0v) is 10.4. The van der Waals surface area contributed by atoms with Crippen LogP contribution in [0.5, 0.6) is 0 Å². The minimum Gasteiger partial charge on any atom is -0.385 e. The van der Waals surface area contributed by atoms with Crippen LogP contribution in [0, 0.1) is 5.41 Å². The maximum atomic E-state index is 8.15. The first-order valence-corrected chi connectivity index (χ1v) is 6.01. The number of aliphatic imine (C=N–C) groups is 1. The molecule has 0 fully saturated rings. The standard InChI is InChI=1S/C12H15ClN4/c1-2-15-10-4-3-8(13)7-9(10)11(14)12-16-5-6-17-12/h3-4,7,14-15H,2,5-6H2,1H3,(H,16,17). The Kier molecular flexibility index (Phi) is 3.64. The summed E-state index contributed by atoms with van der Waals surface area (Å²) in [6, 6.07) is 5.51. The highest BCUT2D eigenvalue weighted by Crippen LogP contribution is 2.21. The first-order valence-electron chi connectivity index (χ1n) is 5.63. The van der Waals surface area contributed by atoms with Crippen LogP contribution >= 0.6 is 11.6 Å². The van der Waals surface area contributed by atoms with E-state index in [1.165, 1.54) is 0 Å². The van der Waals surface area contributed by atoms with Gasteiger partial charge in [-0.15, -0.1) is 0 Å². The molecule has 1 aliphatic rings. The molecule has 0 bridgehead atoms. The summed E-state index contributed by atoms with van der Waals surface area (Å²) >= 11 is 5.98. The molecule has 0 atom stereocenters. The van der Waals surface area contributed by atoms with Crippen molar-refractivity contribution < 1.29 is 0 Å². The summed E-state index contributed by atoms with van der Waals surface area (Å²) in [7, 11) is 0. The maximum absolute atomic E-state index is 8.15. The van der Waals surface area contributed by atoms with Gasteiger partial charge in [-0.2, -0.15) is 0 Å². The van der Waals surface area contributed by atoms with Crippen LogP contribution in [0.4, 0.5) is 5.69 Å². The van der Waals surface area contributed by atoms with E-state index in [1.54, 1.807) is 6.07 Å². The van der Waals surface area contributed by atoms with Gasteiger partial charge in [-0.05, 0) is 25.1 Å². The second-order valence-electron chi connectivity index (χ2n) is 3.75. The monoisotopic (exact) mass is 250 g/mol. The van der Waals surface area contributed by atoms with Crippen LogP contribution in [0.2, 0.25) is 5.02 Å². The summed E-state index contributed by atoms with van der Waals surface area (Å²) in [6.45, 7) is 4.36. The minimum absolute atomic E-state index is 0.390. The fourth-order valence-electron chi connectivity index (χ4n) is 1.76. The van der Waals surface area contributed by atoms with Crippen molar-refractivity contribution in [2.75, 3.05) is 25.0 Å². The van der Waals surface area contributed by atoms with E-state index in [0.29, 0.717) is 16.6 Å². The van der Waals surface area contributed by atoms with E-state index in [0.717, 1.165) is 30.9 Å². The van der Waals surface area contributed by atoms with Gasteiger partial charge in [0.05, 0.1) is 6.54 Å². The molecule has 0 unspecified atom stereocenters. The molecule has 1 aliphatic heterocycles. The van der Waals surface area contributed by atoms with Crippen LogP contribution in [-0.2, 0) is 0 Å². The van der Waals surface area contributed by atoms with Gasteiger partial charge in [0.2, 0.25) is 0 Å². The fraction of sp³-hybridized carbons (Fsp3) is 0.333. The molecule has 0 spiro atoms. The van der Waals surface area contributed by atoms with Crippen LogP contribution in [0.3, 0.4) is 0 Å². The summed E-state index contributed by atoms with van der Waals surface area (Å²) in [5.74, 6) is 0.645. The summed E-state index contributed by atoms with van der Waals surface area (Å²) in [4.78, 5) is 4.25. The molecule has 0 amide bonds. The number of nitrogens with one attached hydrogen (secondary N) is 3. The number of benzene rings is 1. The third kappa shape index (κ3) is 2.58. The van der Waals surface area contributed by atoms with Gasteiger partial charge in [0, 0.05) is 29.4 Å². The van der Waals surface area contributed by atoms with Crippen molar-refractivity contribution in [3.05, 3.63) is 28.8 Å². The normalized spacial score (nSPS) is 14.1. The molecule has 0 radical (unpaired) electrons. The topological polar surface area (TPSA) is 60.3 Å². The Labute approximate surface area is 106 Å². The highest BCUT2D eigenvalue weighted by atomic mass is 35.5. The molecule has 1 heterocycles. The molecule has 2 rings (SSSR count). The van der Waals surface area contributed by atoms with Crippen molar-refractivity contribution in [2.45, 2.75) is 6.92 Å². The van der Waals surface area contributed by atoms with Crippen LogP contribution in [0.25, 0.3) is 0 Å². The van der Waals surface area contributed by atoms with Gasteiger partial charge in [0.15, 0.2) is 0 Å². The van der Waals surface area contributed by atoms with Gasteiger partial charge in [-0.25, -0.2) is 0 Å². The number of hydrogen-bond acceptors (Lipinski definition) is 4. The molecule has 4 nitrogen and oxygen atoms in total. The summed E-state index contributed by atoms with van der Waals surface area (Å²) < 4.78 is 0. The largest absolute Gasteiger partial charge is 0.385 e. The Morgan fingerprint density at radius 1 is 1.59 bits per heavy atom. The Bertz CT molecular complexity index is 468. The van der Waals surface area contributed by atoms with E-state index in [2.05, 4.69) is 15.6 Å². The lowest BCUT2D eigenvalue weighted by Gasteiger charge is -2.12. The van der Waals surface area contributed by atoms with Crippen LogP contribution < -0.4 is 10.6 Å². The Morgan fingerprint density at radius 3 is 3.06 bits per heavy atom. The molecule has 90 valence electrons. The molecule has 1 aromatic rings.